The Morgan fingerprint density at radius 2 is 2.00 bits per heavy atom. The van der Waals surface area contributed by atoms with Crippen LogP contribution in [0.15, 0.2) is 35.3 Å². The van der Waals surface area contributed by atoms with Gasteiger partial charge in [0.1, 0.15) is 0 Å². The summed E-state index contributed by atoms with van der Waals surface area (Å²) in [6.45, 7) is 1.89. The van der Waals surface area contributed by atoms with E-state index < -0.39 is 11.5 Å². The first-order chi connectivity index (χ1) is 8.49. The normalized spacial score (nSPS) is 10.3. The summed E-state index contributed by atoms with van der Waals surface area (Å²) in [5.41, 5.74) is 1.43. The maximum Gasteiger partial charge on any atom is 0.336 e. The van der Waals surface area contributed by atoms with Crippen LogP contribution < -0.4 is 5.56 Å². The minimum absolute atomic E-state index is 0.0653. The van der Waals surface area contributed by atoms with E-state index in [1.807, 2.05) is 13.0 Å². The molecule has 1 aromatic carbocycles. The lowest BCUT2D eigenvalue weighted by atomic mass is 10.0. The molecule has 0 aliphatic carbocycles. The van der Waals surface area contributed by atoms with Gasteiger partial charge in [-0.1, -0.05) is 23.7 Å². The van der Waals surface area contributed by atoms with Gasteiger partial charge in [-0.15, -0.1) is 0 Å². The predicted octanol–water partition coefficient (Wildman–Crippen LogP) is 2.70. The average molecular weight is 264 g/mol. The molecule has 0 saturated carbocycles. The number of nitrogens with one attached hydrogen (secondary N) is 1. The van der Waals surface area contributed by atoms with E-state index in [9.17, 15) is 9.59 Å². The first kappa shape index (κ1) is 12.4. The summed E-state index contributed by atoms with van der Waals surface area (Å²) in [6.07, 6.45) is 1.36. The number of aromatic carboxylic acids is 1. The van der Waals surface area contributed by atoms with E-state index in [0.29, 0.717) is 16.1 Å². The van der Waals surface area contributed by atoms with Crippen molar-refractivity contribution in [1.29, 1.82) is 0 Å². The summed E-state index contributed by atoms with van der Waals surface area (Å²) in [4.78, 5) is 24.8. The fraction of sp³-hybridized carbons (Fsp3) is 0.0769. The summed E-state index contributed by atoms with van der Waals surface area (Å²) in [5.74, 6) is -1.16. The average Bonchev–Trinajstić information content (AvgIpc) is 2.29. The zero-order valence-electron chi connectivity index (χ0n) is 9.53. The van der Waals surface area contributed by atoms with Crippen LogP contribution in [-0.4, -0.2) is 16.1 Å². The van der Waals surface area contributed by atoms with Crippen LogP contribution in [0.5, 0.6) is 0 Å². The number of hydrogen-bond acceptors (Lipinski definition) is 2. The van der Waals surface area contributed by atoms with E-state index in [4.69, 9.17) is 16.7 Å². The Labute approximate surface area is 108 Å². The van der Waals surface area contributed by atoms with Gasteiger partial charge in [-0.05, 0) is 18.6 Å². The Hall–Kier alpha value is -2.07. The number of aryl methyl sites for hydroxylation is 1. The molecule has 0 aliphatic rings. The van der Waals surface area contributed by atoms with E-state index >= 15 is 0 Å². The molecule has 0 spiro atoms. The van der Waals surface area contributed by atoms with Gasteiger partial charge >= 0.3 is 5.97 Å². The number of rotatable bonds is 2. The van der Waals surface area contributed by atoms with Crippen molar-refractivity contribution in [1.82, 2.24) is 4.98 Å². The number of aromatic amines is 1. The lowest BCUT2D eigenvalue weighted by Crippen LogP contribution is -2.10. The quantitative estimate of drug-likeness (QED) is 0.875. The summed E-state index contributed by atoms with van der Waals surface area (Å²) in [5, 5.41) is 9.55. The van der Waals surface area contributed by atoms with Gasteiger partial charge in [0.05, 0.1) is 5.56 Å². The highest BCUT2D eigenvalue weighted by atomic mass is 35.5. The molecule has 0 aliphatic heterocycles. The summed E-state index contributed by atoms with van der Waals surface area (Å²) >= 11 is 6.10. The number of carboxylic acids is 1. The molecule has 1 heterocycles. The Bertz CT molecular complexity index is 676. The van der Waals surface area contributed by atoms with Crippen LogP contribution in [0.1, 0.15) is 15.9 Å². The highest BCUT2D eigenvalue weighted by Gasteiger charge is 2.14. The standard InChI is InChI=1S/C13H10ClNO3/c1-7-2-3-8(11(14)4-7)10-6-15-12(16)5-9(10)13(17)18/h2-6H,1H3,(H,15,16)(H,17,18). The maximum absolute atomic E-state index is 11.2. The van der Waals surface area contributed by atoms with Gasteiger partial charge in [-0.3, -0.25) is 4.79 Å². The lowest BCUT2D eigenvalue weighted by Gasteiger charge is -2.08. The minimum atomic E-state index is -1.16. The van der Waals surface area contributed by atoms with Crippen LogP contribution in [-0.2, 0) is 0 Å². The lowest BCUT2D eigenvalue weighted by molar-refractivity contribution is 0.0697. The molecule has 0 atom stereocenters. The van der Waals surface area contributed by atoms with Gasteiger partial charge in [0.25, 0.3) is 0 Å². The molecule has 5 heteroatoms. The van der Waals surface area contributed by atoms with Crippen LogP contribution >= 0.6 is 11.6 Å². The van der Waals surface area contributed by atoms with Crippen molar-refractivity contribution in [2.45, 2.75) is 6.92 Å². The number of carbonyl (C=O) groups is 1. The van der Waals surface area contributed by atoms with Crippen molar-refractivity contribution >= 4 is 17.6 Å². The van der Waals surface area contributed by atoms with E-state index in [1.165, 1.54) is 6.20 Å². The van der Waals surface area contributed by atoms with Gasteiger partial charge in [0.2, 0.25) is 5.56 Å². The molecule has 0 saturated heterocycles. The van der Waals surface area contributed by atoms with E-state index in [0.717, 1.165) is 11.6 Å². The first-order valence-electron chi connectivity index (χ1n) is 5.21. The third-order valence-electron chi connectivity index (χ3n) is 2.57. The smallest absolute Gasteiger partial charge is 0.336 e. The zero-order valence-corrected chi connectivity index (χ0v) is 10.3. The van der Waals surface area contributed by atoms with Crippen molar-refractivity contribution in [2.75, 3.05) is 0 Å². The zero-order chi connectivity index (χ0) is 13.3. The molecule has 0 amide bonds. The molecule has 0 bridgehead atoms. The third kappa shape index (κ3) is 2.28. The molecule has 1 aromatic heterocycles. The van der Waals surface area contributed by atoms with Gasteiger partial charge in [-0.25, -0.2) is 4.79 Å². The van der Waals surface area contributed by atoms with Crippen molar-refractivity contribution in [3.05, 3.63) is 57.0 Å². The number of halogens is 1. The van der Waals surface area contributed by atoms with Gasteiger partial charge in [0, 0.05) is 28.4 Å². The topological polar surface area (TPSA) is 70.2 Å². The highest BCUT2D eigenvalue weighted by Crippen LogP contribution is 2.30. The number of benzene rings is 1. The van der Waals surface area contributed by atoms with Crippen LogP contribution in [0.25, 0.3) is 11.1 Å². The van der Waals surface area contributed by atoms with E-state index in [-0.39, 0.29) is 5.56 Å². The summed E-state index contributed by atoms with van der Waals surface area (Å²) < 4.78 is 0. The number of H-pyrrole nitrogens is 1. The third-order valence-corrected chi connectivity index (χ3v) is 2.88. The Kier molecular flexibility index (Phi) is 3.21. The molecule has 18 heavy (non-hydrogen) atoms. The molecular weight excluding hydrogens is 254 g/mol. The van der Waals surface area contributed by atoms with E-state index in [2.05, 4.69) is 4.98 Å². The number of carboxylic acid groups (broad SMARTS) is 1. The molecule has 0 unspecified atom stereocenters. The largest absolute Gasteiger partial charge is 0.478 e. The molecule has 0 radical (unpaired) electrons. The van der Waals surface area contributed by atoms with Crippen LogP contribution in [0, 0.1) is 6.92 Å². The second kappa shape index (κ2) is 4.66. The Morgan fingerprint density at radius 3 is 2.61 bits per heavy atom. The van der Waals surface area contributed by atoms with Gasteiger partial charge < -0.3 is 10.1 Å². The molecule has 92 valence electrons. The predicted molar refractivity (Wildman–Crippen MR) is 69.2 cm³/mol. The van der Waals surface area contributed by atoms with Crippen LogP contribution in [0.2, 0.25) is 5.02 Å². The number of aromatic nitrogens is 1. The number of hydrogen-bond donors (Lipinski definition) is 2. The fourth-order valence-corrected chi connectivity index (χ4v) is 2.05. The monoisotopic (exact) mass is 263 g/mol. The molecule has 0 fully saturated rings. The van der Waals surface area contributed by atoms with Crippen molar-refractivity contribution in [3.63, 3.8) is 0 Å². The summed E-state index contributed by atoms with van der Waals surface area (Å²) in [7, 11) is 0. The van der Waals surface area contributed by atoms with Crippen LogP contribution in [0.4, 0.5) is 0 Å². The number of pyridine rings is 1. The summed E-state index contributed by atoms with van der Waals surface area (Å²) in [6, 6.07) is 6.36. The van der Waals surface area contributed by atoms with Crippen molar-refractivity contribution in [2.24, 2.45) is 0 Å². The Balaban J connectivity index is 2.71. The second-order valence-electron chi connectivity index (χ2n) is 3.91. The molecule has 2 N–H and O–H groups in total. The van der Waals surface area contributed by atoms with Crippen LogP contribution in [0.3, 0.4) is 0 Å². The molecule has 4 nitrogen and oxygen atoms in total. The van der Waals surface area contributed by atoms with Crippen molar-refractivity contribution < 1.29 is 9.90 Å². The second-order valence-corrected chi connectivity index (χ2v) is 4.32. The van der Waals surface area contributed by atoms with E-state index in [1.54, 1.807) is 12.1 Å². The minimum Gasteiger partial charge on any atom is -0.478 e. The van der Waals surface area contributed by atoms with Gasteiger partial charge in [-0.2, -0.15) is 0 Å². The van der Waals surface area contributed by atoms with Crippen molar-refractivity contribution in [3.8, 4) is 11.1 Å². The fourth-order valence-electron chi connectivity index (χ4n) is 1.71. The molecule has 2 aromatic rings. The highest BCUT2D eigenvalue weighted by molar-refractivity contribution is 6.33. The first-order valence-corrected chi connectivity index (χ1v) is 5.59. The SMILES string of the molecule is Cc1ccc(-c2c[nH]c(=O)cc2C(=O)O)c(Cl)c1. The molecular formula is C13H10ClNO3. The Morgan fingerprint density at radius 1 is 1.28 bits per heavy atom. The molecule has 2 rings (SSSR count). The van der Waals surface area contributed by atoms with Gasteiger partial charge in [0.15, 0.2) is 0 Å². The maximum atomic E-state index is 11.2.